The van der Waals surface area contributed by atoms with Crippen molar-refractivity contribution in [2.75, 3.05) is 14.2 Å². The van der Waals surface area contributed by atoms with Crippen LogP contribution in [0.5, 0.6) is 11.5 Å². The van der Waals surface area contributed by atoms with Gasteiger partial charge in [0.2, 0.25) is 11.7 Å². The third-order valence-corrected chi connectivity index (χ3v) is 6.60. The van der Waals surface area contributed by atoms with E-state index in [4.69, 9.17) is 14.0 Å². The molecule has 0 saturated carbocycles. The molecule has 0 aliphatic rings. The van der Waals surface area contributed by atoms with Crippen LogP contribution in [0.25, 0.3) is 27.8 Å². The second-order valence-electron chi connectivity index (χ2n) is 6.82. The molecule has 0 amide bonds. The van der Waals surface area contributed by atoms with Gasteiger partial charge in [-0.15, -0.1) is 21.5 Å². The van der Waals surface area contributed by atoms with Crippen LogP contribution < -0.4 is 9.47 Å². The third kappa shape index (κ3) is 4.35. The maximum Gasteiger partial charge on any atom is 0.237 e. The quantitative estimate of drug-likeness (QED) is 0.276. The standard InChI is InChI=1S/C23H19N5O3S2/c1-29-17-11-10-15(13-18(17)30-2)21-24-20(31-27-21)14-33-23-26-25-22(19-9-6-12-32-19)28(23)16-7-4-3-5-8-16/h3-13H,14H2,1-2H3. The molecule has 3 heterocycles. The Morgan fingerprint density at radius 1 is 0.970 bits per heavy atom. The van der Waals surface area contributed by atoms with Gasteiger partial charge in [-0.05, 0) is 41.8 Å². The molecule has 0 fully saturated rings. The first kappa shape index (κ1) is 21.2. The van der Waals surface area contributed by atoms with Gasteiger partial charge in [0, 0.05) is 11.3 Å². The molecule has 8 nitrogen and oxygen atoms in total. The summed E-state index contributed by atoms with van der Waals surface area (Å²) in [6.45, 7) is 0. The summed E-state index contributed by atoms with van der Waals surface area (Å²) >= 11 is 3.11. The van der Waals surface area contributed by atoms with Crippen LogP contribution in [0.3, 0.4) is 0 Å². The number of para-hydroxylation sites is 1. The van der Waals surface area contributed by atoms with Gasteiger partial charge >= 0.3 is 0 Å². The van der Waals surface area contributed by atoms with Crippen LogP contribution in [-0.2, 0) is 5.75 Å². The van der Waals surface area contributed by atoms with Gasteiger partial charge in [0.1, 0.15) is 0 Å². The predicted molar refractivity (Wildman–Crippen MR) is 127 cm³/mol. The lowest BCUT2D eigenvalue weighted by Crippen LogP contribution is -1.98. The van der Waals surface area contributed by atoms with Gasteiger partial charge in [0.05, 0.1) is 24.8 Å². The maximum atomic E-state index is 5.49. The van der Waals surface area contributed by atoms with Crippen LogP contribution in [0.1, 0.15) is 5.89 Å². The minimum absolute atomic E-state index is 0.454. The van der Waals surface area contributed by atoms with Crippen molar-refractivity contribution in [2.45, 2.75) is 10.9 Å². The summed E-state index contributed by atoms with van der Waals surface area (Å²) < 4.78 is 18.2. The van der Waals surface area contributed by atoms with Crippen molar-refractivity contribution >= 4 is 23.1 Å². The SMILES string of the molecule is COc1ccc(-c2noc(CSc3nnc(-c4cccs4)n3-c3ccccc3)n2)cc1OC. The fourth-order valence-corrected chi connectivity index (χ4v) is 4.76. The third-order valence-electron chi connectivity index (χ3n) is 4.82. The van der Waals surface area contributed by atoms with Crippen LogP contribution in [0.2, 0.25) is 0 Å². The Balaban J connectivity index is 1.39. The molecular formula is C23H19N5O3S2. The zero-order valence-electron chi connectivity index (χ0n) is 17.8. The van der Waals surface area contributed by atoms with E-state index >= 15 is 0 Å². The number of ether oxygens (including phenoxy) is 2. The average molecular weight is 478 g/mol. The lowest BCUT2D eigenvalue weighted by atomic mass is 10.2. The minimum Gasteiger partial charge on any atom is -0.493 e. The topological polar surface area (TPSA) is 88.1 Å². The molecule has 166 valence electrons. The van der Waals surface area contributed by atoms with E-state index in [1.165, 1.54) is 11.8 Å². The maximum absolute atomic E-state index is 5.49. The summed E-state index contributed by atoms with van der Waals surface area (Å²) in [5.41, 5.74) is 1.77. The summed E-state index contributed by atoms with van der Waals surface area (Å²) in [5.74, 6) is 3.47. The lowest BCUT2D eigenvalue weighted by Gasteiger charge is -2.08. The highest BCUT2D eigenvalue weighted by Crippen LogP contribution is 2.33. The highest BCUT2D eigenvalue weighted by Gasteiger charge is 2.18. The highest BCUT2D eigenvalue weighted by molar-refractivity contribution is 7.98. The number of aromatic nitrogens is 5. The molecule has 0 atom stereocenters. The molecule has 0 unspecified atom stereocenters. The fourth-order valence-electron chi connectivity index (χ4n) is 3.27. The van der Waals surface area contributed by atoms with Gasteiger partial charge in [0.25, 0.3) is 0 Å². The van der Waals surface area contributed by atoms with E-state index in [0.29, 0.717) is 29.0 Å². The molecule has 33 heavy (non-hydrogen) atoms. The molecule has 0 bridgehead atoms. The summed E-state index contributed by atoms with van der Waals surface area (Å²) in [6.07, 6.45) is 0. The van der Waals surface area contributed by atoms with Crippen LogP contribution >= 0.6 is 23.1 Å². The van der Waals surface area contributed by atoms with Crippen LogP contribution in [0.15, 0.2) is 75.7 Å². The molecule has 0 radical (unpaired) electrons. The first-order valence-corrected chi connectivity index (χ1v) is 11.9. The summed E-state index contributed by atoms with van der Waals surface area (Å²) in [7, 11) is 3.19. The van der Waals surface area contributed by atoms with Crippen molar-refractivity contribution < 1.29 is 14.0 Å². The average Bonchev–Trinajstić information content (AvgIpc) is 3.63. The highest BCUT2D eigenvalue weighted by atomic mass is 32.2. The Labute approximate surface area is 198 Å². The molecule has 0 spiro atoms. The van der Waals surface area contributed by atoms with E-state index in [1.54, 1.807) is 25.6 Å². The van der Waals surface area contributed by atoms with Crippen molar-refractivity contribution in [1.29, 1.82) is 0 Å². The number of thioether (sulfide) groups is 1. The monoisotopic (exact) mass is 477 g/mol. The van der Waals surface area contributed by atoms with Crippen LogP contribution in [-0.4, -0.2) is 39.1 Å². The number of hydrogen-bond donors (Lipinski definition) is 0. The Hall–Kier alpha value is -3.63. The van der Waals surface area contributed by atoms with Gasteiger partial charge < -0.3 is 14.0 Å². The van der Waals surface area contributed by atoms with E-state index in [-0.39, 0.29) is 0 Å². The van der Waals surface area contributed by atoms with E-state index in [2.05, 4.69) is 20.3 Å². The Kier molecular flexibility index (Phi) is 6.09. The smallest absolute Gasteiger partial charge is 0.237 e. The second kappa shape index (κ2) is 9.47. The molecule has 0 aliphatic carbocycles. The Morgan fingerprint density at radius 2 is 1.82 bits per heavy atom. The Bertz CT molecular complexity index is 1350. The fraction of sp³-hybridized carbons (Fsp3) is 0.130. The molecule has 3 aromatic heterocycles. The van der Waals surface area contributed by atoms with Gasteiger partial charge in [-0.3, -0.25) is 4.57 Å². The summed E-state index contributed by atoms with van der Waals surface area (Å²) in [5, 5.41) is 15.8. The second-order valence-corrected chi connectivity index (χ2v) is 8.71. The number of thiophene rings is 1. The molecule has 5 aromatic rings. The molecule has 0 saturated heterocycles. The summed E-state index contributed by atoms with van der Waals surface area (Å²) in [6, 6.07) is 19.6. The number of methoxy groups -OCH3 is 2. The normalized spacial score (nSPS) is 11.0. The van der Waals surface area contributed by atoms with Gasteiger partial charge in [0.15, 0.2) is 22.5 Å². The van der Waals surface area contributed by atoms with Crippen LogP contribution in [0.4, 0.5) is 0 Å². The molecule has 0 aliphatic heterocycles. The number of hydrogen-bond acceptors (Lipinski definition) is 9. The van der Waals surface area contributed by atoms with Gasteiger partial charge in [-0.25, -0.2) is 0 Å². The van der Waals surface area contributed by atoms with Crippen molar-refractivity contribution in [2.24, 2.45) is 0 Å². The minimum atomic E-state index is 0.454. The summed E-state index contributed by atoms with van der Waals surface area (Å²) in [4.78, 5) is 5.58. The van der Waals surface area contributed by atoms with E-state index in [0.717, 1.165) is 27.1 Å². The van der Waals surface area contributed by atoms with Crippen LogP contribution in [0, 0.1) is 0 Å². The molecule has 10 heteroatoms. The first-order valence-electron chi connectivity index (χ1n) is 9.99. The van der Waals surface area contributed by atoms with E-state index in [9.17, 15) is 0 Å². The molecular weight excluding hydrogens is 458 g/mol. The number of benzene rings is 2. The van der Waals surface area contributed by atoms with Crippen molar-refractivity contribution in [3.8, 4) is 39.3 Å². The molecule has 5 rings (SSSR count). The van der Waals surface area contributed by atoms with Gasteiger partial charge in [-0.2, -0.15) is 4.98 Å². The van der Waals surface area contributed by atoms with Gasteiger partial charge in [-0.1, -0.05) is 41.2 Å². The number of rotatable bonds is 8. The van der Waals surface area contributed by atoms with Crippen molar-refractivity contribution in [3.63, 3.8) is 0 Å². The first-order chi connectivity index (χ1) is 16.3. The molecule has 0 N–H and O–H groups in total. The largest absolute Gasteiger partial charge is 0.493 e. The number of nitrogens with zero attached hydrogens (tertiary/aromatic N) is 5. The predicted octanol–water partition coefficient (Wildman–Crippen LogP) is 5.36. The van der Waals surface area contributed by atoms with Crippen molar-refractivity contribution in [1.82, 2.24) is 24.9 Å². The zero-order valence-corrected chi connectivity index (χ0v) is 19.5. The van der Waals surface area contributed by atoms with E-state index < -0.39 is 0 Å². The molecule has 2 aromatic carbocycles. The van der Waals surface area contributed by atoms with E-state index in [1.807, 2.05) is 70.6 Å². The zero-order chi connectivity index (χ0) is 22.6. The van der Waals surface area contributed by atoms with Crippen molar-refractivity contribution in [3.05, 3.63) is 71.9 Å². The Morgan fingerprint density at radius 3 is 2.58 bits per heavy atom. The lowest BCUT2D eigenvalue weighted by molar-refractivity contribution is 0.355.